The van der Waals surface area contributed by atoms with E-state index in [1.54, 1.807) is 0 Å². The van der Waals surface area contributed by atoms with Crippen LogP contribution in [0.1, 0.15) is 16.7 Å². The number of benzene rings is 1. The molecule has 0 saturated carbocycles. The number of hydrogen-bond donors (Lipinski definition) is 0. The van der Waals surface area contributed by atoms with Gasteiger partial charge in [-0.1, -0.05) is 15.9 Å². The van der Waals surface area contributed by atoms with E-state index in [0.29, 0.717) is 5.01 Å². The average molecular weight is 256 g/mol. The molecule has 0 unspecified atom stereocenters. The van der Waals surface area contributed by atoms with E-state index < -0.39 is 0 Å². The van der Waals surface area contributed by atoms with Gasteiger partial charge in [0, 0.05) is 11.4 Å². The highest BCUT2D eigenvalue weighted by Crippen LogP contribution is 2.25. The van der Waals surface area contributed by atoms with E-state index in [-0.39, 0.29) is 5.78 Å². The minimum Gasteiger partial charge on any atom is -0.292 e. The number of fused-ring (bicyclic) bond motifs is 1. The van der Waals surface area contributed by atoms with Gasteiger partial charge in [-0.3, -0.25) is 4.79 Å². The smallest absolute Gasteiger partial charge is 0.188 e. The van der Waals surface area contributed by atoms with Gasteiger partial charge in [0.2, 0.25) is 0 Å². The summed E-state index contributed by atoms with van der Waals surface area (Å²) >= 11 is 4.80. The minimum absolute atomic E-state index is 0.0253. The molecule has 0 aliphatic rings. The van der Waals surface area contributed by atoms with Crippen molar-refractivity contribution in [3.05, 3.63) is 27.7 Å². The fourth-order valence-electron chi connectivity index (χ4n) is 1.05. The van der Waals surface area contributed by atoms with Crippen LogP contribution in [0.5, 0.6) is 0 Å². The standard InChI is InChI=1S/C9H6BrNOS/c1-5(12)9-11-7-3-2-6(10)4-8(7)13-9/h2-4H,1H3. The van der Waals surface area contributed by atoms with Crippen molar-refractivity contribution in [1.82, 2.24) is 4.98 Å². The number of halogens is 1. The van der Waals surface area contributed by atoms with Crippen LogP contribution in [-0.4, -0.2) is 10.8 Å². The van der Waals surface area contributed by atoms with E-state index in [0.717, 1.165) is 14.7 Å². The van der Waals surface area contributed by atoms with Crippen molar-refractivity contribution < 1.29 is 4.79 Å². The molecule has 0 atom stereocenters. The van der Waals surface area contributed by atoms with Crippen LogP contribution in [0.2, 0.25) is 0 Å². The van der Waals surface area contributed by atoms with Crippen molar-refractivity contribution in [3.8, 4) is 0 Å². The molecular formula is C9H6BrNOS. The van der Waals surface area contributed by atoms with Gasteiger partial charge in [-0.25, -0.2) is 4.98 Å². The van der Waals surface area contributed by atoms with Gasteiger partial charge >= 0.3 is 0 Å². The predicted molar refractivity (Wildman–Crippen MR) is 57.3 cm³/mol. The molecular weight excluding hydrogens is 250 g/mol. The molecule has 66 valence electrons. The molecule has 4 heteroatoms. The number of carbonyl (C=O) groups excluding carboxylic acids is 1. The second-order valence-electron chi connectivity index (χ2n) is 2.69. The lowest BCUT2D eigenvalue weighted by atomic mass is 10.3. The Balaban J connectivity index is 2.68. The van der Waals surface area contributed by atoms with Gasteiger partial charge in [-0.05, 0) is 18.2 Å². The van der Waals surface area contributed by atoms with Crippen LogP contribution < -0.4 is 0 Å². The number of nitrogens with zero attached hydrogens (tertiary/aromatic N) is 1. The van der Waals surface area contributed by atoms with E-state index in [1.807, 2.05) is 18.2 Å². The molecule has 0 N–H and O–H groups in total. The average Bonchev–Trinajstić information content (AvgIpc) is 2.46. The largest absolute Gasteiger partial charge is 0.292 e. The molecule has 0 aliphatic heterocycles. The van der Waals surface area contributed by atoms with Crippen LogP contribution in [0.15, 0.2) is 22.7 Å². The zero-order chi connectivity index (χ0) is 9.42. The molecule has 2 aromatic rings. The Morgan fingerprint density at radius 3 is 3.00 bits per heavy atom. The molecule has 1 heterocycles. The van der Waals surface area contributed by atoms with Crippen LogP contribution in [0.25, 0.3) is 10.2 Å². The van der Waals surface area contributed by atoms with Crippen molar-refractivity contribution in [1.29, 1.82) is 0 Å². The number of thiazole rings is 1. The molecule has 0 radical (unpaired) electrons. The van der Waals surface area contributed by atoms with Gasteiger partial charge in [-0.15, -0.1) is 11.3 Å². The first kappa shape index (κ1) is 8.84. The monoisotopic (exact) mass is 255 g/mol. The Kier molecular flexibility index (Phi) is 2.17. The second kappa shape index (κ2) is 3.20. The van der Waals surface area contributed by atoms with Gasteiger partial charge in [0.05, 0.1) is 10.2 Å². The second-order valence-corrected chi connectivity index (χ2v) is 4.63. The topological polar surface area (TPSA) is 30.0 Å². The van der Waals surface area contributed by atoms with Crippen LogP contribution in [0.3, 0.4) is 0 Å². The summed E-state index contributed by atoms with van der Waals surface area (Å²) in [6.07, 6.45) is 0. The summed E-state index contributed by atoms with van der Waals surface area (Å²) in [5.74, 6) is 0.0253. The SMILES string of the molecule is CC(=O)c1nc2ccc(Br)cc2s1. The Morgan fingerprint density at radius 1 is 1.54 bits per heavy atom. The number of rotatable bonds is 1. The van der Waals surface area contributed by atoms with Crippen LogP contribution >= 0.6 is 27.3 Å². The third-order valence-electron chi connectivity index (χ3n) is 1.65. The van der Waals surface area contributed by atoms with Gasteiger partial charge < -0.3 is 0 Å². The number of carbonyl (C=O) groups is 1. The molecule has 1 aromatic carbocycles. The molecule has 1 aromatic heterocycles. The maximum Gasteiger partial charge on any atom is 0.188 e. The summed E-state index contributed by atoms with van der Waals surface area (Å²) < 4.78 is 2.05. The van der Waals surface area contributed by atoms with Gasteiger partial charge in [0.25, 0.3) is 0 Å². The lowest BCUT2D eigenvalue weighted by Gasteiger charge is -1.86. The predicted octanol–water partition coefficient (Wildman–Crippen LogP) is 3.26. The summed E-state index contributed by atoms with van der Waals surface area (Å²) in [5.41, 5.74) is 0.887. The van der Waals surface area contributed by atoms with E-state index in [9.17, 15) is 4.79 Å². The molecule has 0 saturated heterocycles. The zero-order valence-corrected chi connectivity index (χ0v) is 9.28. The third kappa shape index (κ3) is 1.64. The van der Waals surface area contributed by atoms with Gasteiger partial charge in [0.1, 0.15) is 0 Å². The molecule has 0 fully saturated rings. The van der Waals surface area contributed by atoms with E-state index in [2.05, 4.69) is 20.9 Å². The summed E-state index contributed by atoms with van der Waals surface area (Å²) in [6.45, 7) is 1.53. The van der Waals surface area contributed by atoms with Crippen molar-refractivity contribution in [2.45, 2.75) is 6.92 Å². The number of hydrogen-bond acceptors (Lipinski definition) is 3. The minimum atomic E-state index is 0.0253. The molecule has 2 nitrogen and oxygen atoms in total. The highest BCUT2D eigenvalue weighted by atomic mass is 79.9. The van der Waals surface area contributed by atoms with Crippen molar-refractivity contribution in [3.63, 3.8) is 0 Å². The summed E-state index contributed by atoms with van der Waals surface area (Å²) in [7, 11) is 0. The first-order chi connectivity index (χ1) is 6.16. The number of ketones is 1. The zero-order valence-electron chi connectivity index (χ0n) is 6.87. The lowest BCUT2D eigenvalue weighted by molar-refractivity contribution is 0.101. The highest BCUT2D eigenvalue weighted by Gasteiger charge is 2.07. The molecule has 0 aliphatic carbocycles. The molecule has 0 amide bonds. The van der Waals surface area contributed by atoms with Crippen molar-refractivity contribution in [2.24, 2.45) is 0 Å². The summed E-state index contributed by atoms with van der Waals surface area (Å²) in [5, 5.41) is 0.577. The normalized spacial score (nSPS) is 10.6. The Morgan fingerprint density at radius 2 is 2.31 bits per heavy atom. The Labute approximate surface area is 87.7 Å². The Hall–Kier alpha value is -0.740. The van der Waals surface area contributed by atoms with Crippen LogP contribution in [0.4, 0.5) is 0 Å². The van der Waals surface area contributed by atoms with Crippen molar-refractivity contribution >= 4 is 43.3 Å². The lowest BCUT2D eigenvalue weighted by Crippen LogP contribution is -1.87. The van der Waals surface area contributed by atoms with Gasteiger partial charge in [0.15, 0.2) is 10.8 Å². The fourth-order valence-corrected chi connectivity index (χ4v) is 2.46. The quantitative estimate of drug-likeness (QED) is 0.733. The summed E-state index contributed by atoms with van der Waals surface area (Å²) in [4.78, 5) is 15.2. The molecule has 0 bridgehead atoms. The number of Topliss-reactive ketones (excluding diaryl/α,β-unsaturated/α-hetero) is 1. The van der Waals surface area contributed by atoms with Crippen molar-refractivity contribution in [2.75, 3.05) is 0 Å². The van der Waals surface area contributed by atoms with E-state index in [4.69, 9.17) is 0 Å². The first-order valence-electron chi connectivity index (χ1n) is 3.74. The maximum absolute atomic E-state index is 11.0. The van der Waals surface area contributed by atoms with Crippen LogP contribution in [0, 0.1) is 0 Å². The fraction of sp³-hybridized carbons (Fsp3) is 0.111. The highest BCUT2D eigenvalue weighted by molar-refractivity contribution is 9.10. The van der Waals surface area contributed by atoms with Crippen LogP contribution in [-0.2, 0) is 0 Å². The molecule has 0 spiro atoms. The van der Waals surface area contributed by atoms with Gasteiger partial charge in [-0.2, -0.15) is 0 Å². The number of aromatic nitrogens is 1. The maximum atomic E-state index is 11.0. The third-order valence-corrected chi connectivity index (χ3v) is 3.26. The summed E-state index contributed by atoms with van der Waals surface area (Å²) in [6, 6.07) is 5.80. The molecule has 13 heavy (non-hydrogen) atoms. The van der Waals surface area contributed by atoms with E-state index >= 15 is 0 Å². The Bertz CT molecular complexity index is 477. The van der Waals surface area contributed by atoms with E-state index in [1.165, 1.54) is 18.3 Å². The molecule has 2 rings (SSSR count). The first-order valence-corrected chi connectivity index (χ1v) is 5.35.